The second-order valence-electron chi connectivity index (χ2n) is 33.0. The van der Waals surface area contributed by atoms with Gasteiger partial charge in [-0.15, -0.1) is 214 Å². The Bertz CT molecular complexity index is 8090. The SMILES string of the molecule is CC(C)c1cccc(C(C)C)c1-c1nc2ccc(-c3ccccn3)[c-]c2n1-c1[c-]c(-c2ccccn2)ccc1.Cc1cccc(C)c1-c1nc2ccc(-c3ccccn3)[c-]c2n1-c1[c-]c(-c2ccccn2)ccc1.Cc1nc2ccc(-c3ccccn3)[c-]c2n1-c1[c-]c(-c2ccccn2)ccc1.[Pt+2].[Pt+2].[Pt+2].[Pt+2].[c-]1c(-c2ccccn2)cccc1-n1c(-c2ccccc2)nc2ccc(-c3ccccn3)[c-]c21. The summed E-state index contributed by atoms with van der Waals surface area (Å²) in [5, 5.41) is 0. The molecule has 0 saturated carbocycles. The number of nitrogens with zero attached hydrogens (tertiary/aromatic N) is 16. The van der Waals surface area contributed by atoms with E-state index < -0.39 is 0 Å². The van der Waals surface area contributed by atoms with Gasteiger partial charge in [0.25, 0.3) is 0 Å². The number of rotatable bonds is 17. The van der Waals surface area contributed by atoms with Crippen LogP contribution in [-0.2, 0) is 84.3 Å². The molecule has 0 atom stereocenters. The van der Waals surface area contributed by atoms with Crippen LogP contribution in [0.15, 0.2) is 383 Å². The van der Waals surface area contributed by atoms with Gasteiger partial charge in [0, 0.05) is 88.3 Å². The van der Waals surface area contributed by atoms with Crippen LogP contribution in [0.5, 0.6) is 0 Å². The second-order valence-corrected chi connectivity index (χ2v) is 33.0. The van der Waals surface area contributed by atoms with Gasteiger partial charge < -0.3 is 58.1 Å². The molecule has 23 aromatic rings. The average Bonchev–Trinajstić information content (AvgIpc) is 1.60. The molecule has 0 radical (unpaired) electrons. The predicted octanol–water partition coefficient (Wildman–Crippen LogP) is 27.2. The molecule has 12 heterocycles. The molecule has 0 aliphatic rings. The maximum atomic E-state index is 5.26. The molecule has 139 heavy (non-hydrogen) atoms. The Morgan fingerprint density at radius 3 is 0.748 bits per heavy atom. The summed E-state index contributed by atoms with van der Waals surface area (Å²) in [7, 11) is 0. The van der Waals surface area contributed by atoms with Crippen molar-refractivity contribution in [3.63, 3.8) is 0 Å². The number of fused-ring (bicyclic) bond motifs is 4. The van der Waals surface area contributed by atoms with Crippen molar-refractivity contribution in [2.75, 3.05) is 0 Å². The van der Waals surface area contributed by atoms with Crippen molar-refractivity contribution >= 4 is 44.1 Å². The summed E-state index contributed by atoms with van der Waals surface area (Å²) < 4.78 is 8.56. The predicted molar refractivity (Wildman–Crippen MR) is 540 cm³/mol. The first-order valence-electron chi connectivity index (χ1n) is 44.8. The zero-order chi connectivity index (χ0) is 91.7. The fourth-order valence-corrected chi connectivity index (χ4v) is 16.9. The number of hydrogen-bond acceptors (Lipinski definition) is 12. The standard InChI is InChI=1S/C35H30N4.C31H22N4.C29H18N4.C24H16N4.4Pt/c1-23(2)28-13-10-14-29(24(3)4)34(28)35-38-32-18-17-26(31-16-6-8-20-37-31)22-33(32)39(35)27-12-9-11-25(21-27)30-15-5-7-19-36-30;1-21-9-7-10-22(2)30(21)31-34-28-16-15-24(27-14-4-6-18-33-27)20-29(28)35(31)25-12-8-11-23(19-25)26-13-3-5-17-32-26;1-2-9-21(10-3-1)29-32-27-16-15-23(26-14-5-7-18-31-26)20-28(27)33(29)24-12-8-11-22(19-24)25-13-4-6-17-30-25;1-17-27-23-12-11-19(22-10-3-5-14-26-22)16-24(23)28(17)20-8-6-7-18(15-20)21-9-2-4-13-25-21;;;;/h5-20,23-24H,1-4H3;3-18H,1-2H3;1-18H;2-14H,1H3;;;;/q4*-2;4*+2. The Morgan fingerprint density at radius 1 is 0.209 bits per heavy atom. The monoisotopic (exact) mass is 2520 g/mol. The largest absolute Gasteiger partial charge is 2.00 e. The van der Waals surface area contributed by atoms with Gasteiger partial charge in [-0.25, -0.2) is 0 Å². The van der Waals surface area contributed by atoms with E-state index in [1.807, 2.05) is 268 Å². The molecule has 0 fully saturated rings. The fourth-order valence-electron chi connectivity index (χ4n) is 16.9. The molecule has 0 aliphatic carbocycles. The number of pyridine rings is 8. The van der Waals surface area contributed by atoms with Gasteiger partial charge in [0.05, 0.1) is 5.82 Å². The first kappa shape index (κ1) is 97.3. The van der Waals surface area contributed by atoms with E-state index in [1.165, 1.54) is 27.8 Å². The van der Waals surface area contributed by atoms with E-state index in [9.17, 15) is 0 Å². The van der Waals surface area contributed by atoms with Crippen molar-refractivity contribution in [1.82, 2.24) is 78.1 Å². The number of imidazole rings is 4. The van der Waals surface area contributed by atoms with Crippen LogP contribution in [0.2, 0.25) is 0 Å². The van der Waals surface area contributed by atoms with Crippen LogP contribution in [0, 0.1) is 69.3 Å². The van der Waals surface area contributed by atoms with Crippen molar-refractivity contribution in [2.24, 2.45) is 0 Å². The minimum absolute atomic E-state index is 0. The Morgan fingerprint density at radius 2 is 0.453 bits per heavy atom. The summed E-state index contributed by atoms with van der Waals surface area (Å²) in [5.41, 5.74) is 33.4. The summed E-state index contributed by atoms with van der Waals surface area (Å²) >= 11 is 0. The van der Waals surface area contributed by atoms with E-state index in [0.717, 1.165) is 191 Å². The minimum atomic E-state index is 0. The Hall–Kier alpha value is -14.7. The molecular formula is C119H86N16Pt4. The van der Waals surface area contributed by atoms with Crippen molar-refractivity contribution in [2.45, 2.75) is 60.3 Å². The zero-order valence-electron chi connectivity index (χ0n) is 76.4. The summed E-state index contributed by atoms with van der Waals surface area (Å²) in [4.78, 5) is 56.1. The Balaban J connectivity index is 0.000000133. The van der Waals surface area contributed by atoms with Crippen LogP contribution in [0.4, 0.5) is 0 Å². The summed E-state index contributed by atoms with van der Waals surface area (Å²) in [6.07, 6.45) is 14.4. The first-order chi connectivity index (χ1) is 66.4. The number of aromatic nitrogens is 16. The van der Waals surface area contributed by atoms with Crippen LogP contribution in [0.25, 0.3) is 191 Å². The Labute approximate surface area is 865 Å². The molecule has 682 valence electrons. The third-order valence-electron chi connectivity index (χ3n) is 23.4. The second kappa shape index (κ2) is 44.6. The quantitative estimate of drug-likeness (QED) is 0.0790. The molecule has 0 amide bonds. The van der Waals surface area contributed by atoms with Crippen LogP contribution >= 0.6 is 0 Å². The number of hydrogen-bond donors (Lipinski definition) is 0. The third kappa shape index (κ3) is 21.1. The van der Waals surface area contributed by atoms with Gasteiger partial charge in [0.2, 0.25) is 0 Å². The maximum Gasteiger partial charge on any atom is 2.00 e. The Kier molecular flexibility index (Phi) is 31.2. The minimum Gasteiger partial charge on any atom is -0.334 e. The van der Waals surface area contributed by atoms with Gasteiger partial charge in [0.15, 0.2) is 0 Å². The van der Waals surface area contributed by atoms with Crippen molar-refractivity contribution in [1.29, 1.82) is 0 Å². The van der Waals surface area contributed by atoms with Crippen LogP contribution in [-0.4, -0.2) is 78.1 Å². The normalized spacial score (nSPS) is 10.9. The smallest absolute Gasteiger partial charge is 0.334 e. The molecule has 0 saturated heterocycles. The van der Waals surface area contributed by atoms with Gasteiger partial charge in [0.1, 0.15) is 17.5 Å². The molecule has 11 aromatic carbocycles. The van der Waals surface area contributed by atoms with Crippen molar-refractivity contribution < 1.29 is 84.3 Å². The van der Waals surface area contributed by atoms with Crippen molar-refractivity contribution in [3.05, 3.63) is 460 Å². The zero-order valence-corrected chi connectivity index (χ0v) is 85.5. The molecule has 0 spiro atoms. The molecule has 23 rings (SSSR count). The van der Waals surface area contributed by atoms with Gasteiger partial charge in [-0.3, -0.25) is 19.9 Å². The van der Waals surface area contributed by atoms with Crippen molar-refractivity contribution in [3.8, 4) is 147 Å². The molecular weight excluding hydrogens is 2430 g/mol. The van der Waals surface area contributed by atoms with E-state index in [1.54, 1.807) is 37.2 Å². The molecule has 0 unspecified atom stereocenters. The summed E-state index contributed by atoms with van der Waals surface area (Å²) in [5.74, 6) is 4.18. The third-order valence-corrected chi connectivity index (χ3v) is 23.4. The molecule has 12 aromatic heterocycles. The van der Waals surface area contributed by atoms with Gasteiger partial charge in [-0.2, -0.15) is 0 Å². The van der Waals surface area contributed by atoms with Crippen LogP contribution in [0.1, 0.15) is 67.6 Å². The first-order valence-corrected chi connectivity index (χ1v) is 44.8. The summed E-state index contributed by atoms with van der Waals surface area (Å²) in [6, 6.07) is 140. The average molecular weight is 2520 g/mol. The number of aryl methyl sites for hydroxylation is 3. The van der Waals surface area contributed by atoms with E-state index in [0.29, 0.717) is 11.8 Å². The molecule has 0 aliphatic heterocycles. The van der Waals surface area contributed by atoms with E-state index in [4.69, 9.17) is 19.9 Å². The topological polar surface area (TPSA) is 174 Å². The van der Waals surface area contributed by atoms with Crippen LogP contribution < -0.4 is 0 Å². The molecule has 20 heteroatoms. The molecule has 0 bridgehead atoms. The maximum absolute atomic E-state index is 5.26. The number of benzene rings is 11. The molecule has 0 N–H and O–H groups in total. The van der Waals surface area contributed by atoms with E-state index in [-0.39, 0.29) is 84.3 Å². The molecule has 16 nitrogen and oxygen atoms in total. The van der Waals surface area contributed by atoms with Gasteiger partial charge >= 0.3 is 84.3 Å². The fraction of sp³-hybridized carbons (Fsp3) is 0.0756. The van der Waals surface area contributed by atoms with Gasteiger partial charge in [-0.1, -0.05) is 191 Å². The van der Waals surface area contributed by atoms with E-state index in [2.05, 4.69) is 233 Å². The van der Waals surface area contributed by atoms with Gasteiger partial charge in [-0.05, 0) is 194 Å². The summed E-state index contributed by atoms with van der Waals surface area (Å²) in [6.45, 7) is 15.2. The van der Waals surface area contributed by atoms with Crippen LogP contribution in [0.3, 0.4) is 0 Å². The van der Waals surface area contributed by atoms with E-state index >= 15 is 0 Å².